The van der Waals surface area contributed by atoms with Gasteiger partial charge in [-0.05, 0) is 28.1 Å². The van der Waals surface area contributed by atoms with E-state index < -0.39 is 0 Å². The van der Waals surface area contributed by atoms with Crippen molar-refractivity contribution in [2.45, 2.75) is 0 Å². The number of hydrogen-bond acceptors (Lipinski definition) is 3. The molecule has 17 heavy (non-hydrogen) atoms. The lowest BCUT2D eigenvalue weighted by Gasteiger charge is -2.11. The van der Waals surface area contributed by atoms with E-state index in [1.54, 1.807) is 24.4 Å². The summed E-state index contributed by atoms with van der Waals surface area (Å²) in [5.41, 5.74) is 6.18. The van der Waals surface area contributed by atoms with Gasteiger partial charge in [-0.3, -0.25) is 4.98 Å². The van der Waals surface area contributed by atoms with Gasteiger partial charge in [0.2, 0.25) is 0 Å². The Kier molecular flexibility index (Phi) is 3.76. The fourth-order valence-electron chi connectivity index (χ4n) is 1.22. The van der Waals surface area contributed by atoms with Crippen molar-refractivity contribution in [1.29, 1.82) is 0 Å². The molecule has 2 rings (SSSR count). The van der Waals surface area contributed by atoms with Gasteiger partial charge in [-0.2, -0.15) is 0 Å². The molecule has 6 heteroatoms. The number of pyridine rings is 1. The van der Waals surface area contributed by atoms with Crippen molar-refractivity contribution in [2.75, 3.05) is 5.73 Å². The first-order valence-corrected chi connectivity index (χ1v) is 6.15. The Morgan fingerprint density at radius 2 is 2.00 bits per heavy atom. The summed E-state index contributed by atoms with van der Waals surface area (Å²) in [7, 11) is 0. The van der Waals surface area contributed by atoms with Gasteiger partial charge >= 0.3 is 0 Å². The maximum atomic E-state index is 6.02. The molecule has 88 valence electrons. The lowest BCUT2D eigenvalue weighted by molar-refractivity contribution is 0.481. The molecule has 0 spiro atoms. The zero-order chi connectivity index (χ0) is 12.4. The minimum atomic E-state index is 0.345. The molecule has 0 saturated carbocycles. The summed E-state index contributed by atoms with van der Waals surface area (Å²) < 4.78 is 6.27. The quantitative estimate of drug-likeness (QED) is 0.878. The van der Waals surface area contributed by atoms with Gasteiger partial charge in [-0.15, -0.1) is 0 Å². The average Bonchev–Trinajstić information content (AvgIpc) is 2.29. The molecule has 0 atom stereocenters. The average molecular weight is 334 g/mol. The second-order valence-electron chi connectivity index (χ2n) is 3.19. The minimum Gasteiger partial charge on any atom is -0.452 e. The van der Waals surface area contributed by atoms with Crippen molar-refractivity contribution in [3.8, 4) is 11.5 Å². The van der Waals surface area contributed by atoms with Crippen LogP contribution in [0.5, 0.6) is 11.5 Å². The largest absolute Gasteiger partial charge is 0.452 e. The zero-order valence-corrected chi connectivity index (χ0v) is 11.6. The van der Waals surface area contributed by atoms with Gasteiger partial charge in [-0.1, -0.05) is 29.3 Å². The molecular weight excluding hydrogens is 327 g/mol. The predicted octanol–water partition coefficient (Wildman–Crippen LogP) is 4.53. The molecule has 1 aromatic carbocycles. The van der Waals surface area contributed by atoms with E-state index >= 15 is 0 Å². The SMILES string of the molecule is Nc1cncc(Br)c1Oc1cccc(Cl)c1Cl. The van der Waals surface area contributed by atoms with E-state index in [9.17, 15) is 0 Å². The first-order chi connectivity index (χ1) is 8.09. The van der Waals surface area contributed by atoms with Crippen LogP contribution < -0.4 is 10.5 Å². The van der Waals surface area contributed by atoms with Crippen molar-refractivity contribution in [3.63, 3.8) is 0 Å². The molecule has 2 N–H and O–H groups in total. The molecular formula is C11H7BrCl2N2O. The lowest BCUT2D eigenvalue weighted by Crippen LogP contribution is -1.94. The van der Waals surface area contributed by atoms with Crippen LogP contribution in [0.4, 0.5) is 5.69 Å². The molecule has 1 aromatic heterocycles. The van der Waals surface area contributed by atoms with Crippen molar-refractivity contribution < 1.29 is 4.74 Å². The summed E-state index contributed by atoms with van der Waals surface area (Å²) in [4.78, 5) is 3.92. The maximum absolute atomic E-state index is 6.02. The summed E-state index contributed by atoms with van der Waals surface area (Å²) in [6.07, 6.45) is 3.09. The van der Waals surface area contributed by atoms with Crippen LogP contribution >= 0.6 is 39.1 Å². The molecule has 0 aliphatic heterocycles. The first kappa shape index (κ1) is 12.5. The molecule has 0 saturated heterocycles. The Labute approximate surface area is 117 Å². The molecule has 0 amide bonds. The van der Waals surface area contributed by atoms with Gasteiger partial charge in [0, 0.05) is 6.20 Å². The third kappa shape index (κ3) is 2.65. The Balaban J connectivity index is 2.42. The Morgan fingerprint density at radius 1 is 1.24 bits per heavy atom. The molecule has 0 radical (unpaired) electrons. The first-order valence-electron chi connectivity index (χ1n) is 4.60. The van der Waals surface area contributed by atoms with Gasteiger partial charge in [0.25, 0.3) is 0 Å². The highest BCUT2D eigenvalue weighted by Gasteiger charge is 2.11. The highest BCUT2D eigenvalue weighted by atomic mass is 79.9. The second-order valence-corrected chi connectivity index (χ2v) is 4.83. The normalized spacial score (nSPS) is 10.3. The number of nitrogens with two attached hydrogens (primary N) is 1. The van der Waals surface area contributed by atoms with E-state index in [0.717, 1.165) is 0 Å². The van der Waals surface area contributed by atoms with E-state index in [1.165, 1.54) is 6.20 Å². The smallest absolute Gasteiger partial charge is 0.167 e. The van der Waals surface area contributed by atoms with Gasteiger partial charge in [0.15, 0.2) is 5.75 Å². The highest BCUT2D eigenvalue weighted by Crippen LogP contribution is 2.39. The summed E-state index contributed by atoms with van der Waals surface area (Å²) in [5.74, 6) is 0.905. The third-order valence-electron chi connectivity index (χ3n) is 2.01. The molecule has 2 aromatic rings. The van der Waals surface area contributed by atoms with Crippen LogP contribution in [-0.2, 0) is 0 Å². The topological polar surface area (TPSA) is 48.1 Å². The fourth-order valence-corrected chi connectivity index (χ4v) is 1.98. The molecule has 3 nitrogen and oxygen atoms in total. The molecule has 0 aliphatic carbocycles. The van der Waals surface area contributed by atoms with Crippen molar-refractivity contribution in [2.24, 2.45) is 0 Å². The molecule has 1 heterocycles. The predicted molar refractivity (Wildman–Crippen MR) is 72.9 cm³/mol. The number of rotatable bonds is 2. The molecule has 0 bridgehead atoms. The van der Waals surface area contributed by atoms with E-state index in [2.05, 4.69) is 20.9 Å². The summed E-state index contributed by atoms with van der Waals surface area (Å²) in [5, 5.41) is 0.769. The van der Waals surface area contributed by atoms with Gasteiger partial charge < -0.3 is 10.5 Å². The number of aromatic nitrogens is 1. The van der Waals surface area contributed by atoms with Crippen LogP contribution in [0.15, 0.2) is 35.1 Å². The van der Waals surface area contributed by atoms with Crippen molar-refractivity contribution in [3.05, 3.63) is 45.1 Å². The maximum Gasteiger partial charge on any atom is 0.167 e. The van der Waals surface area contributed by atoms with E-state index in [-0.39, 0.29) is 0 Å². The Morgan fingerprint density at radius 3 is 2.71 bits per heavy atom. The van der Waals surface area contributed by atoms with E-state index in [0.29, 0.717) is 31.7 Å². The number of nitrogens with zero attached hydrogens (tertiary/aromatic N) is 1. The van der Waals surface area contributed by atoms with Crippen molar-refractivity contribution >= 4 is 44.8 Å². The van der Waals surface area contributed by atoms with Gasteiger partial charge in [-0.25, -0.2) is 0 Å². The van der Waals surface area contributed by atoms with Crippen LogP contribution in [0.3, 0.4) is 0 Å². The Hall–Kier alpha value is -0.970. The Bertz CT molecular complexity index is 543. The standard InChI is InChI=1S/C11H7BrCl2N2O/c12-6-4-16-5-8(15)11(6)17-9-3-1-2-7(13)10(9)14/h1-5H,15H2. The number of nitrogen functional groups attached to an aromatic ring is 1. The van der Waals surface area contributed by atoms with Crippen molar-refractivity contribution in [1.82, 2.24) is 4.98 Å². The number of halogens is 3. The van der Waals surface area contributed by atoms with Crippen LogP contribution in [0.1, 0.15) is 0 Å². The van der Waals surface area contributed by atoms with Crippen LogP contribution in [0.2, 0.25) is 10.0 Å². The van der Waals surface area contributed by atoms with E-state index in [1.807, 2.05) is 0 Å². The highest BCUT2D eigenvalue weighted by molar-refractivity contribution is 9.10. The zero-order valence-electron chi connectivity index (χ0n) is 8.45. The number of benzene rings is 1. The lowest BCUT2D eigenvalue weighted by atomic mass is 10.3. The van der Waals surface area contributed by atoms with Gasteiger partial charge in [0.1, 0.15) is 10.8 Å². The summed E-state index contributed by atoms with van der Waals surface area (Å²) in [6.45, 7) is 0. The monoisotopic (exact) mass is 332 g/mol. The second kappa shape index (κ2) is 5.12. The summed E-state index contributed by atoms with van der Waals surface area (Å²) >= 11 is 15.2. The minimum absolute atomic E-state index is 0.345. The molecule has 0 fully saturated rings. The molecule has 0 aliphatic rings. The van der Waals surface area contributed by atoms with Gasteiger partial charge in [0.05, 0.1) is 21.4 Å². The van der Waals surface area contributed by atoms with E-state index in [4.69, 9.17) is 33.7 Å². The number of ether oxygens (including phenoxy) is 1. The molecule has 0 unspecified atom stereocenters. The van der Waals surface area contributed by atoms with Crippen LogP contribution in [0, 0.1) is 0 Å². The number of anilines is 1. The third-order valence-corrected chi connectivity index (χ3v) is 3.38. The fraction of sp³-hybridized carbons (Fsp3) is 0. The number of hydrogen-bond donors (Lipinski definition) is 1. The summed E-state index contributed by atoms with van der Waals surface area (Å²) in [6, 6.07) is 5.14. The van der Waals surface area contributed by atoms with Crippen LogP contribution in [0.25, 0.3) is 0 Å². The van der Waals surface area contributed by atoms with Crippen LogP contribution in [-0.4, -0.2) is 4.98 Å².